The predicted octanol–water partition coefficient (Wildman–Crippen LogP) is 10.3. The van der Waals surface area contributed by atoms with Crippen molar-refractivity contribution >= 4 is 19.8 Å². The average Bonchev–Trinajstić information content (AvgIpc) is 3.16. The molecule has 0 fully saturated rings. The molecular weight excluding hydrogens is 707 g/mol. The fourth-order valence-electron chi connectivity index (χ4n) is 4.72. The van der Waals surface area contributed by atoms with Gasteiger partial charge < -0.3 is 24.6 Å². The van der Waals surface area contributed by atoms with Crippen LogP contribution in [0.1, 0.15) is 136 Å². The Morgan fingerprint density at radius 1 is 0.574 bits per heavy atom. The minimum atomic E-state index is -4.64. The van der Waals surface area contributed by atoms with E-state index in [0.29, 0.717) is 12.8 Å². The normalized spacial score (nSPS) is 14.8. The molecule has 0 aromatic heterocycles. The van der Waals surface area contributed by atoms with Crippen molar-refractivity contribution in [2.45, 2.75) is 148 Å². The highest BCUT2D eigenvalue weighted by atomic mass is 31.2. The number of allylic oxidation sites excluding steroid dienone is 14. The molecule has 0 saturated heterocycles. The van der Waals surface area contributed by atoms with E-state index in [9.17, 15) is 24.2 Å². The monoisotopic (exact) mass is 778 g/mol. The van der Waals surface area contributed by atoms with E-state index < -0.39 is 51.8 Å². The molecule has 0 saturated carbocycles. The van der Waals surface area contributed by atoms with Crippen LogP contribution in [-0.4, -0.2) is 65.7 Å². The Morgan fingerprint density at radius 3 is 1.61 bits per heavy atom. The van der Waals surface area contributed by atoms with E-state index in [1.807, 2.05) is 12.2 Å². The summed E-state index contributed by atoms with van der Waals surface area (Å²) in [5.41, 5.74) is 0. The molecule has 0 amide bonds. The van der Waals surface area contributed by atoms with Crippen molar-refractivity contribution in [3.05, 3.63) is 85.1 Å². The van der Waals surface area contributed by atoms with E-state index in [-0.39, 0.29) is 19.4 Å². The highest BCUT2D eigenvalue weighted by Crippen LogP contribution is 2.43. The summed E-state index contributed by atoms with van der Waals surface area (Å²) in [4.78, 5) is 34.8. The summed E-state index contributed by atoms with van der Waals surface area (Å²) in [5, 5.41) is 18.3. The van der Waals surface area contributed by atoms with Crippen molar-refractivity contribution in [1.82, 2.24) is 0 Å². The number of carbonyl (C=O) groups excluding carboxylic acids is 2. The highest BCUT2D eigenvalue weighted by molar-refractivity contribution is 7.47. The SMILES string of the molecule is CC/C=C/C/C=C/C/C=C/C/C=C/C/C=C/C/C=C/CCC(=O)OC[C@@H](COP(=O)(O)OC[C@H](O)CO)OC(=O)CCCCCCC/C=C/CCCCC. The van der Waals surface area contributed by atoms with E-state index in [0.717, 1.165) is 77.0 Å². The molecule has 0 bridgehead atoms. The first-order valence-electron chi connectivity index (χ1n) is 20.0. The maximum atomic E-state index is 12.5. The zero-order valence-corrected chi connectivity index (χ0v) is 34.0. The van der Waals surface area contributed by atoms with Crippen LogP contribution in [0.5, 0.6) is 0 Å². The molecule has 54 heavy (non-hydrogen) atoms. The molecule has 0 aromatic rings. The van der Waals surface area contributed by atoms with Gasteiger partial charge in [-0.3, -0.25) is 18.6 Å². The summed E-state index contributed by atoms with van der Waals surface area (Å²) < 4.78 is 32.5. The smallest absolute Gasteiger partial charge is 0.462 e. The van der Waals surface area contributed by atoms with Gasteiger partial charge in [0.2, 0.25) is 0 Å². The van der Waals surface area contributed by atoms with Gasteiger partial charge >= 0.3 is 19.8 Å². The summed E-state index contributed by atoms with van der Waals surface area (Å²) in [5.74, 6) is -1.04. The van der Waals surface area contributed by atoms with Crippen molar-refractivity contribution in [1.29, 1.82) is 0 Å². The standard InChI is InChI=1S/C43H71O10P/c1-3-5-7-9-11-13-15-17-18-19-20-21-22-23-25-26-28-30-32-34-42(46)50-38-41(39-52-54(48,49)51-37-40(45)36-44)53-43(47)35-33-31-29-27-24-16-14-12-10-8-6-4-2/h5,7,11-14,17-18,20-21,23,25,28,30,40-41,44-45H,3-4,6,8-10,15-16,19,22,24,26-27,29,31-39H2,1-2H3,(H,48,49)/b7-5+,13-11+,14-12+,18-17+,21-20+,25-23+,30-28+/t40-,41+/m1/s1. The van der Waals surface area contributed by atoms with Gasteiger partial charge in [-0.1, -0.05) is 131 Å². The second-order valence-corrected chi connectivity index (χ2v) is 14.4. The third-order valence-corrected chi connectivity index (χ3v) is 8.75. The van der Waals surface area contributed by atoms with Gasteiger partial charge in [0.05, 0.1) is 19.8 Å². The fourth-order valence-corrected chi connectivity index (χ4v) is 5.51. The summed E-state index contributed by atoms with van der Waals surface area (Å²) in [6, 6.07) is 0. The minimum Gasteiger partial charge on any atom is -0.462 e. The lowest BCUT2D eigenvalue weighted by Gasteiger charge is -2.20. The van der Waals surface area contributed by atoms with Gasteiger partial charge in [-0.2, -0.15) is 0 Å². The molecule has 308 valence electrons. The number of hydrogen-bond acceptors (Lipinski definition) is 9. The predicted molar refractivity (Wildman–Crippen MR) is 219 cm³/mol. The van der Waals surface area contributed by atoms with Gasteiger partial charge in [0.15, 0.2) is 6.10 Å². The van der Waals surface area contributed by atoms with E-state index in [1.54, 1.807) is 0 Å². The van der Waals surface area contributed by atoms with Gasteiger partial charge in [0.25, 0.3) is 0 Å². The van der Waals surface area contributed by atoms with E-state index in [4.69, 9.17) is 19.1 Å². The molecule has 0 heterocycles. The molecule has 0 aromatic carbocycles. The van der Waals surface area contributed by atoms with Gasteiger partial charge in [-0.05, 0) is 77.0 Å². The first-order valence-corrected chi connectivity index (χ1v) is 21.5. The van der Waals surface area contributed by atoms with Crippen molar-refractivity contribution in [2.24, 2.45) is 0 Å². The Hall–Kier alpha value is -2.85. The van der Waals surface area contributed by atoms with Crippen LogP contribution in [0.4, 0.5) is 0 Å². The number of phosphoric ester groups is 1. The van der Waals surface area contributed by atoms with Crippen LogP contribution in [0.2, 0.25) is 0 Å². The van der Waals surface area contributed by atoms with Crippen molar-refractivity contribution in [2.75, 3.05) is 26.4 Å². The Kier molecular flexibility index (Phi) is 36.4. The van der Waals surface area contributed by atoms with Gasteiger partial charge in [0.1, 0.15) is 12.7 Å². The van der Waals surface area contributed by atoms with Crippen LogP contribution in [-0.2, 0) is 32.7 Å². The molecule has 0 spiro atoms. The Balaban J connectivity index is 4.48. The van der Waals surface area contributed by atoms with E-state index in [1.165, 1.54) is 19.3 Å². The van der Waals surface area contributed by atoms with Gasteiger partial charge in [-0.25, -0.2) is 4.57 Å². The molecule has 0 aliphatic rings. The number of phosphoric acid groups is 1. The molecule has 0 radical (unpaired) electrons. The van der Waals surface area contributed by atoms with E-state index in [2.05, 4.69) is 91.3 Å². The van der Waals surface area contributed by atoms with Crippen molar-refractivity contribution in [3.63, 3.8) is 0 Å². The molecule has 10 nitrogen and oxygen atoms in total. The Bertz CT molecular complexity index is 1170. The second kappa shape index (κ2) is 38.4. The topological polar surface area (TPSA) is 149 Å². The number of aliphatic hydroxyl groups excluding tert-OH is 2. The molecule has 1 unspecified atom stereocenters. The van der Waals surface area contributed by atoms with Crippen LogP contribution in [0, 0.1) is 0 Å². The average molecular weight is 779 g/mol. The zero-order chi connectivity index (χ0) is 39.8. The molecule has 0 aliphatic heterocycles. The number of rotatable bonds is 36. The molecule has 0 rings (SSSR count). The number of esters is 2. The third kappa shape index (κ3) is 37.5. The first-order chi connectivity index (χ1) is 26.2. The summed E-state index contributed by atoms with van der Waals surface area (Å²) in [7, 11) is -4.64. The van der Waals surface area contributed by atoms with Crippen LogP contribution >= 0.6 is 7.82 Å². The number of aliphatic hydroxyl groups is 2. The van der Waals surface area contributed by atoms with Crippen LogP contribution < -0.4 is 0 Å². The van der Waals surface area contributed by atoms with Gasteiger partial charge in [0, 0.05) is 12.8 Å². The van der Waals surface area contributed by atoms with Crippen molar-refractivity contribution in [3.8, 4) is 0 Å². The molecule has 11 heteroatoms. The largest absolute Gasteiger partial charge is 0.472 e. The maximum Gasteiger partial charge on any atom is 0.472 e. The lowest BCUT2D eigenvalue weighted by Crippen LogP contribution is -2.29. The van der Waals surface area contributed by atoms with Crippen LogP contribution in [0.15, 0.2) is 85.1 Å². The maximum absolute atomic E-state index is 12.5. The summed E-state index contributed by atoms with van der Waals surface area (Å²) in [6.07, 6.45) is 44.2. The summed E-state index contributed by atoms with van der Waals surface area (Å²) >= 11 is 0. The zero-order valence-electron chi connectivity index (χ0n) is 33.1. The Morgan fingerprint density at radius 2 is 1.06 bits per heavy atom. The van der Waals surface area contributed by atoms with E-state index >= 15 is 0 Å². The molecule has 3 atom stereocenters. The van der Waals surface area contributed by atoms with Crippen molar-refractivity contribution < 1.29 is 47.8 Å². The third-order valence-electron chi connectivity index (χ3n) is 7.80. The van der Waals surface area contributed by atoms with Crippen LogP contribution in [0.3, 0.4) is 0 Å². The van der Waals surface area contributed by atoms with Crippen LogP contribution in [0.25, 0.3) is 0 Å². The fraction of sp³-hybridized carbons (Fsp3) is 0.628. The highest BCUT2D eigenvalue weighted by Gasteiger charge is 2.27. The van der Waals surface area contributed by atoms with Gasteiger partial charge in [-0.15, -0.1) is 0 Å². The molecule has 3 N–H and O–H groups in total. The summed E-state index contributed by atoms with van der Waals surface area (Å²) in [6.45, 7) is 2.11. The lowest BCUT2D eigenvalue weighted by molar-refractivity contribution is -0.161. The second-order valence-electron chi connectivity index (χ2n) is 12.9. The first kappa shape index (κ1) is 51.1. The molecular formula is C43H71O10P. The lowest BCUT2D eigenvalue weighted by atomic mass is 10.1. The number of carbonyl (C=O) groups is 2. The number of hydrogen-bond donors (Lipinski definition) is 3. The Labute approximate surface area is 326 Å². The minimum absolute atomic E-state index is 0.110. The number of unbranched alkanes of at least 4 members (excludes halogenated alkanes) is 8. The quantitative estimate of drug-likeness (QED) is 0.0243. The number of ether oxygens (including phenoxy) is 2. The molecule has 0 aliphatic carbocycles.